The fourth-order valence-corrected chi connectivity index (χ4v) is 4.36. The van der Waals surface area contributed by atoms with E-state index in [1.54, 1.807) is 0 Å². The predicted octanol–water partition coefficient (Wildman–Crippen LogP) is 9.32. The van der Waals surface area contributed by atoms with E-state index in [1.165, 1.54) is 141 Å². The molecule has 180 valence electrons. The first-order chi connectivity index (χ1) is 14.8. The summed E-state index contributed by atoms with van der Waals surface area (Å²) in [6, 6.07) is 0. The monoisotopic (exact) mass is 424 g/mol. The van der Waals surface area contributed by atoms with Gasteiger partial charge in [-0.3, -0.25) is 4.79 Å². The van der Waals surface area contributed by atoms with Gasteiger partial charge in [0.25, 0.3) is 0 Å². The molecule has 0 unspecified atom stereocenters. The summed E-state index contributed by atoms with van der Waals surface area (Å²) in [7, 11) is 0. The van der Waals surface area contributed by atoms with E-state index in [0.29, 0.717) is 6.42 Å². The van der Waals surface area contributed by atoms with Gasteiger partial charge in [0.15, 0.2) is 5.78 Å². The third-order valence-electron chi connectivity index (χ3n) is 6.49. The summed E-state index contributed by atoms with van der Waals surface area (Å²) >= 11 is 0. The van der Waals surface area contributed by atoms with Gasteiger partial charge in [0, 0.05) is 6.42 Å². The lowest BCUT2D eigenvalue weighted by molar-refractivity contribution is -0.121. The molecule has 0 atom stereocenters. The zero-order chi connectivity index (χ0) is 22.0. The Balaban J connectivity index is 3.01. The maximum atomic E-state index is 11.0. The molecule has 1 N–H and O–H groups in total. The summed E-state index contributed by atoms with van der Waals surface area (Å²) < 4.78 is 0. The van der Waals surface area contributed by atoms with Gasteiger partial charge in [-0.25, -0.2) is 0 Å². The summed E-state index contributed by atoms with van der Waals surface area (Å²) in [6.45, 7) is 2.02. The molecule has 0 saturated heterocycles. The van der Waals surface area contributed by atoms with Crippen LogP contribution >= 0.6 is 0 Å². The van der Waals surface area contributed by atoms with E-state index < -0.39 is 0 Å². The van der Waals surface area contributed by atoms with Gasteiger partial charge in [0.1, 0.15) is 6.61 Å². The van der Waals surface area contributed by atoms with E-state index in [0.717, 1.165) is 12.8 Å². The Morgan fingerprint density at radius 1 is 0.433 bits per heavy atom. The summed E-state index contributed by atoms with van der Waals surface area (Å²) in [4.78, 5) is 11.0. The van der Waals surface area contributed by atoms with Crippen LogP contribution in [0.1, 0.15) is 167 Å². The second kappa shape index (κ2) is 26.7. The highest BCUT2D eigenvalue weighted by Crippen LogP contribution is 2.15. The van der Waals surface area contributed by atoms with Gasteiger partial charge in [-0.15, -0.1) is 0 Å². The Kier molecular flexibility index (Phi) is 26.3. The Bertz CT molecular complexity index is 327. The lowest BCUT2D eigenvalue weighted by atomic mass is 10.0. The van der Waals surface area contributed by atoms with Crippen molar-refractivity contribution in [2.75, 3.05) is 6.61 Å². The van der Waals surface area contributed by atoms with Crippen LogP contribution in [0.3, 0.4) is 0 Å². The molecule has 0 amide bonds. The number of carbonyl (C=O) groups excluding carboxylic acids is 1. The number of hydrogen-bond donors (Lipinski definition) is 1. The lowest BCUT2D eigenvalue weighted by Crippen LogP contribution is -2.02. The van der Waals surface area contributed by atoms with Crippen LogP contribution in [0.25, 0.3) is 0 Å². The molecule has 0 fully saturated rings. The SMILES string of the molecule is CCCCCCCCCCCCCCCCCCCCCCCCCCC(=O)CO. The van der Waals surface area contributed by atoms with Crippen molar-refractivity contribution < 1.29 is 9.90 Å². The number of unbranched alkanes of at least 4 members (excludes halogenated alkanes) is 23. The van der Waals surface area contributed by atoms with Crippen molar-refractivity contribution in [3.8, 4) is 0 Å². The molecule has 0 aromatic heterocycles. The molecule has 0 saturated carbocycles. The lowest BCUT2D eigenvalue weighted by Gasteiger charge is -2.04. The first-order valence-corrected chi connectivity index (χ1v) is 13.9. The van der Waals surface area contributed by atoms with Crippen molar-refractivity contribution in [2.45, 2.75) is 167 Å². The highest BCUT2D eigenvalue weighted by atomic mass is 16.3. The van der Waals surface area contributed by atoms with Crippen molar-refractivity contribution in [2.24, 2.45) is 0 Å². The van der Waals surface area contributed by atoms with Gasteiger partial charge in [0.2, 0.25) is 0 Å². The smallest absolute Gasteiger partial charge is 0.158 e. The molecule has 0 rings (SSSR count). The van der Waals surface area contributed by atoms with Crippen molar-refractivity contribution in [3.05, 3.63) is 0 Å². The van der Waals surface area contributed by atoms with Crippen molar-refractivity contribution in [1.82, 2.24) is 0 Å². The van der Waals surface area contributed by atoms with Crippen LogP contribution in [0.5, 0.6) is 0 Å². The third kappa shape index (κ3) is 25.7. The van der Waals surface area contributed by atoms with Crippen molar-refractivity contribution in [1.29, 1.82) is 0 Å². The van der Waals surface area contributed by atoms with Crippen LogP contribution in [-0.2, 0) is 4.79 Å². The zero-order valence-corrected chi connectivity index (χ0v) is 20.7. The van der Waals surface area contributed by atoms with Crippen LogP contribution in [-0.4, -0.2) is 17.5 Å². The maximum absolute atomic E-state index is 11.0. The molecule has 0 aromatic carbocycles. The minimum atomic E-state index is -0.278. The fourth-order valence-electron chi connectivity index (χ4n) is 4.36. The normalized spacial score (nSPS) is 11.3. The van der Waals surface area contributed by atoms with Gasteiger partial charge in [0.05, 0.1) is 0 Å². The first-order valence-electron chi connectivity index (χ1n) is 13.9. The first kappa shape index (κ1) is 29.6. The van der Waals surface area contributed by atoms with E-state index in [1.807, 2.05) is 0 Å². The van der Waals surface area contributed by atoms with E-state index >= 15 is 0 Å². The predicted molar refractivity (Wildman–Crippen MR) is 133 cm³/mol. The van der Waals surface area contributed by atoms with Crippen LogP contribution < -0.4 is 0 Å². The molecule has 0 bridgehead atoms. The van der Waals surface area contributed by atoms with E-state index in [9.17, 15) is 4.79 Å². The number of rotatable bonds is 26. The summed E-state index contributed by atoms with van der Waals surface area (Å²) in [5, 5.41) is 8.67. The largest absolute Gasteiger partial charge is 0.389 e. The van der Waals surface area contributed by atoms with Gasteiger partial charge < -0.3 is 5.11 Å². The number of Topliss-reactive ketones (excluding diaryl/α,β-unsaturated/α-hetero) is 1. The van der Waals surface area contributed by atoms with Crippen molar-refractivity contribution >= 4 is 5.78 Å². The minimum Gasteiger partial charge on any atom is -0.389 e. The van der Waals surface area contributed by atoms with E-state index in [-0.39, 0.29) is 12.4 Å². The maximum Gasteiger partial charge on any atom is 0.158 e. The Morgan fingerprint density at radius 3 is 0.900 bits per heavy atom. The molecule has 0 aliphatic carbocycles. The molecular weight excluding hydrogens is 368 g/mol. The van der Waals surface area contributed by atoms with Gasteiger partial charge >= 0.3 is 0 Å². The topological polar surface area (TPSA) is 37.3 Å². The Labute approximate surface area is 190 Å². The Hall–Kier alpha value is -0.370. The van der Waals surface area contributed by atoms with Gasteiger partial charge in [-0.1, -0.05) is 155 Å². The molecule has 0 aliphatic rings. The number of ketones is 1. The van der Waals surface area contributed by atoms with Crippen LogP contribution in [0.4, 0.5) is 0 Å². The third-order valence-corrected chi connectivity index (χ3v) is 6.49. The summed E-state index contributed by atoms with van der Waals surface area (Å²) in [6.07, 6.45) is 34.0. The van der Waals surface area contributed by atoms with Crippen LogP contribution in [0.15, 0.2) is 0 Å². The van der Waals surface area contributed by atoms with Crippen molar-refractivity contribution in [3.63, 3.8) is 0 Å². The summed E-state index contributed by atoms with van der Waals surface area (Å²) in [5.41, 5.74) is 0. The average molecular weight is 425 g/mol. The second-order valence-corrected chi connectivity index (χ2v) is 9.58. The molecule has 0 aliphatic heterocycles. The van der Waals surface area contributed by atoms with Crippen LogP contribution in [0, 0.1) is 0 Å². The molecule has 0 heterocycles. The molecule has 2 heteroatoms. The molecule has 0 spiro atoms. The van der Waals surface area contributed by atoms with Gasteiger partial charge in [-0.2, -0.15) is 0 Å². The number of aliphatic hydroxyl groups excluding tert-OH is 1. The molecule has 0 aromatic rings. The van der Waals surface area contributed by atoms with Gasteiger partial charge in [-0.05, 0) is 6.42 Å². The summed E-state index contributed by atoms with van der Waals surface area (Å²) in [5.74, 6) is -0.00574. The number of carbonyl (C=O) groups is 1. The minimum absolute atomic E-state index is 0.00574. The number of aliphatic hydroxyl groups is 1. The second-order valence-electron chi connectivity index (χ2n) is 9.58. The molecule has 0 radical (unpaired) electrons. The Morgan fingerprint density at radius 2 is 0.667 bits per heavy atom. The highest BCUT2D eigenvalue weighted by molar-refractivity contribution is 5.79. The molecular formula is C28H56O2. The van der Waals surface area contributed by atoms with E-state index in [4.69, 9.17) is 5.11 Å². The highest BCUT2D eigenvalue weighted by Gasteiger charge is 1.99. The quantitative estimate of drug-likeness (QED) is 0.140. The number of hydrogen-bond acceptors (Lipinski definition) is 2. The standard InChI is InChI=1S/C28H56O2/c1-2-3-4-5-6-7-8-9-10-11-12-13-14-15-16-17-18-19-20-21-22-23-24-25-26-28(30)27-29/h29H,2-27H2,1H3. The molecule has 30 heavy (non-hydrogen) atoms. The fraction of sp³-hybridized carbons (Fsp3) is 0.964. The zero-order valence-electron chi connectivity index (χ0n) is 20.7. The molecule has 2 nitrogen and oxygen atoms in total. The average Bonchev–Trinajstić information content (AvgIpc) is 2.76. The van der Waals surface area contributed by atoms with E-state index in [2.05, 4.69) is 6.92 Å². The van der Waals surface area contributed by atoms with Crippen LogP contribution in [0.2, 0.25) is 0 Å².